The third-order valence-corrected chi connectivity index (χ3v) is 5.07. The molecule has 2 atom stereocenters. The maximum atomic E-state index is 4.88. The van der Waals surface area contributed by atoms with Gasteiger partial charge in [-0.2, -0.15) is 4.98 Å². The summed E-state index contributed by atoms with van der Waals surface area (Å²) in [6.45, 7) is 3.29. The summed E-state index contributed by atoms with van der Waals surface area (Å²) in [6.07, 6.45) is 2.99. The van der Waals surface area contributed by atoms with Crippen LogP contribution in [0.1, 0.15) is 24.9 Å². The summed E-state index contributed by atoms with van der Waals surface area (Å²) < 4.78 is 0. The van der Waals surface area contributed by atoms with Gasteiger partial charge < -0.3 is 9.80 Å². The van der Waals surface area contributed by atoms with Gasteiger partial charge >= 0.3 is 0 Å². The molecule has 0 bridgehead atoms. The minimum Gasteiger partial charge on any atom is -0.333 e. The molecule has 1 aromatic heterocycles. The molecule has 1 saturated heterocycles. The lowest BCUT2D eigenvalue weighted by Gasteiger charge is -2.26. The van der Waals surface area contributed by atoms with Crippen molar-refractivity contribution >= 4 is 17.5 Å². The van der Waals surface area contributed by atoms with Crippen LogP contribution in [0.2, 0.25) is 0 Å². The fourth-order valence-electron chi connectivity index (χ4n) is 3.71. The highest BCUT2D eigenvalue weighted by atomic mass is 15.3. The molecule has 4 rings (SSSR count). The summed E-state index contributed by atoms with van der Waals surface area (Å²) in [7, 11) is 2.04. The van der Waals surface area contributed by atoms with Crippen LogP contribution < -0.4 is 9.80 Å². The van der Waals surface area contributed by atoms with Crippen LogP contribution in [-0.4, -0.2) is 23.6 Å². The van der Waals surface area contributed by atoms with Crippen molar-refractivity contribution < 1.29 is 0 Å². The number of rotatable bonds is 4. The normalized spacial score (nSPS) is 19.5. The highest BCUT2D eigenvalue weighted by molar-refractivity contribution is 5.60. The molecule has 0 spiro atoms. The molecule has 1 aliphatic rings. The van der Waals surface area contributed by atoms with Crippen LogP contribution in [0.25, 0.3) is 0 Å². The first-order valence-electron chi connectivity index (χ1n) is 9.16. The Labute approximate surface area is 155 Å². The molecule has 0 N–H and O–H groups in total. The van der Waals surface area contributed by atoms with E-state index >= 15 is 0 Å². The Morgan fingerprint density at radius 1 is 0.962 bits per heavy atom. The topological polar surface area (TPSA) is 32.3 Å². The molecule has 2 heterocycles. The second-order valence-corrected chi connectivity index (χ2v) is 7.03. The summed E-state index contributed by atoms with van der Waals surface area (Å²) in [6, 6.07) is 23.3. The van der Waals surface area contributed by atoms with Gasteiger partial charge in [-0.05, 0) is 36.1 Å². The maximum absolute atomic E-state index is 4.88. The third-order valence-electron chi connectivity index (χ3n) is 5.07. The second-order valence-electron chi connectivity index (χ2n) is 7.03. The molecular formula is C22H24N4. The van der Waals surface area contributed by atoms with Crippen LogP contribution in [0.3, 0.4) is 0 Å². The summed E-state index contributed by atoms with van der Waals surface area (Å²) >= 11 is 0. The van der Waals surface area contributed by atoms with Crippen molar-refractivity contribution in [3.8, 4) is 0 Å². The minimum atomic E-state index is 0.337. The van der Waals surface area contributed by atoms with Crippen LogP contribution in [0, 0.1) is 5.92 Å². The van der Waals surface area contributed by atoms with E-state index in [2.05, 4.69) is 64.2 Å². The summed E-state index contributed by atoms with van der Waals surface area (Å²) in [5.74, 6) is 2.34. The van der Waals surface area contributed by atoms with Gasteiger partial charge in [0.2, 0.25) is 5.95 Å². The average Bonchev–Trinajstić information content (AvgIpc) is 3.11. The number of aromatic nitrogens is 2. The Morgan fingerprint density at radius 2 is 1.65 bits per heavy atom. The molecule has 0 saturated carbocycles. The van der Waals surface area contributed by atoms with Crippen molar-refractivity contribution in [3.63, 3.8) is 0 Å². The highest BCUT2D eigenvalue weighted by Crippen LogP contribution is 2.37. The van der Waals surface area contributed by atoms with E-state index in [9.17, 15) is 0 Å². The van der Waals surface area contributed by atoms with Crippen LogP contribution in [0.4, 0.5) is 17.5 Å². The number of hydrogen-bond donors (Lipinski definition) is 0. The zero-order valence-corrected chi connectivity index (χ0v) is 15.3. The van der Waals surface area contributed by atoms with Gasteiger partial charge in [-0.15, -0.1) is 0 Å². The number of anilines is 3. The zero-order chi connectivity index (χ0) is 17.9. The van der Waals surface area contributed by atoms with Crippen molar-refractivity contribution in [1.29, 1.82) is 0 Å². The van der Waals surface area contributed by atoms with Gasteiger partial charge in [-0.3, -0.25) is 0 Å². The monoisotopic (exact) mass is 344 g/mol. The number of nitrogens with zero attached hydrogens (tertiary/aromatic N) is 4. The highest BCUT2D eigenvalue weighted by Gasteiger charge is 2.32. The van der Waals surface area contributed by atoms with Crippen molar-refractivity contribution in [2.75, 3.05) is 23.4 Å². The molecule has 132 valence electrons. The average molecular weight is 344 g/mol. The summed E-state index contributed by atoms with van der Waals surface area (Å²) in [4.78, 5) is 13.9. The van der Waals surface area contributed by atoms with Gasteiger partial charge in [0.05, 0.1) is 6.04 Å². The van der Waals surface area contributed by atoms with Gasteiger partial charge in [0.15, 0.2) is 0 Å². The van der Waals surface area contributed by atoms with Crippen molar-refractivity contribution in [1.82, 2.24) is 9.97 Å². The van der Waals surface area contributed by atoms with E-state index < -0.39 is 0 Å². The van der Waals surface area contributed by atoms with Crippen LogP contribution in [0.15, 0.2) is 72.9 Å². The lowest BCUT2D eigenvalue weighted by molar-refractivity contribution is 0.617. The fraction of sp³-hybridized carbons (Fsp3) is 0.273. The van der Waals surface area contributed by atoms with Crippen LogP contribution in [0.5, 0.6) is 0 Å². The first-order chi connectivity index (χ1) is 12.7. The van der Waals surface area contributed by atoms with E-state index in [-0.39, 0.29) is 0 Å². The molecule has 26 heavy (non-hydrogen) atoms. The van der Waals surface area contributed by atoms with Gasteiger partial charge in [0, 0.05) is 25.5 Å². The standard InChI is InChI=1S/C22H24N4/c1-17-15-20(18-9-5-3-6-10-18)26(16-17)22-23-14-13-21(24-22)25(2)19-11-7-4-8-12-19/h3-14,17,20H,15-16H2,1-2H3. The molecule has 0 amide bonds. The zero-order valence-electron chi connectivity index (χ0n) is 15.3. The Kier molecular flexibility index (Phi) is 4.57. The predicted octanol–water partition coefficient (Wildman–Crippen LogP) is 4.83. The molecule has 0 aliphatic carbocycles. The Hall–Kier alpha value is -2.88. The minimum absolute atomic E-state index is 0.337. The lowest BCUT2D eigenvalue weighted by atomic mass is 10.0. The summed E-state index contributed by atoms with van der Waals surface area (Å²) in [5.41, 5.74) is 2.45. The van der Waals surface area contributed by atoms with E-state index in [1.165, 1.54) is 5.56 Å². The molecule has 2 unspecified atom stereocenters. The predicted molar refractivity (Wildman–Crippen MR) is 107 cm³/mol. The molecular weight excluding hydrogens is 320 g/mol. The van der Waals surface area contributed by atoms with E-state index in [1.54, 1.807) is 0 Å². The molecule has 1 aliphatic heterocycles. The van der Waals surface area contributed by atoms with Gasteiger partial charge in [-0.25, -0.2) is 4.98 Å². The maximum Gasteiger partial charge on any atom is 0.227 e. The Balaban J connectivity index is 1.65. The number of para-hydroxylation sites is 1. The first kappa shape index (κ1) is 16.6. The van der Waals surface area contributed by atoms with Crippen LogP contribution >= 0.6 is 0 Å². The SMILES string of the molecule is CC1CC(c2ccccc2)N(c2nccc(N(C)c3ccccc3)n2)C1. The summed E-state index contributed by atoms with van der Waals surface area (Å²) in [5, 5.41) is 0. The van der Waals surface area contributed by atoms with Crippen LogP contribution in [-0.2, 0) is 0 Å². The third kappa shape index (κ3) is 3.27. The molecule has 3 aromatic rings. The largest absolute Gasteiger partial charge is 0.333 e. The van der Waals surface area contributed by atoms with E-state index in [4.69, 9.17) is 4.98 Å². The van der Waals surface area contributed by atoms with Gasteiger partial charge in [0.25, 0.3) is 0 Å². The number of hydrogen-bond acceptors (Lipinski definition) is 4. The molecule has 1 fully saturated rings. The molecule has 4 heteroatoms. The molecule has 4 nitrogen and oxygen atoms in total. The van der Waals surface area contributed by atoms with Crippen molar-refractivity contribution in [2.24, 2.45) is 5.92 Å². The van der Waals surface area contributed by atoms with E-state index in [0.29, 0.717) is 12.0 Å². The quantitative estimate of drug-likeness (QED) is 0.678. The van der Waals surface area contributed by atoms with Gasteiger partial charge in [-0.1, -0.05) is 55.5 Å². The Bertz CT molecular complexity index is 850. The van der Waals surface area contributed by atoms with Crippen molar-refractivity contribution in [3.05, 3.63) is 78.5 Å². The number of benzene rings is 2. The van der Waals surface area contributed by atoms with Crippen molar-refractivity contribution in [2.45, 2.75) is 19.4 Å². The first-order valence-corrected chi connectivity index (χ1v) is 9.16. The smallest absolute Gasteiger partial charge is 0.227 e. The van der Waals surface area contributed by atoms with E-state index in [0.717, 1.165) is 30.4 Å². The lowest BCUT2D eigenvalue weighted by Crippen LogP contribution is -2.26. The van der Waals surface area contributed by atoms with E-state index in [1.807, 2.05) is 37.5 Å². The second kappa shape index (κ2) is 7.16. The van der Waals surface area contributed by atoms with Gasteiger partial charge in [0.1, 0.15) is 5.82 Å². The molecule has 2 aromatic carbocycles. The Morgan fingerprint density at radius 3 is 2.38 bits per heavy atom. The fourth-order valence-corrected chi connectivity index (χ4v) is 3.71. The molecule has 0 radical (unpaired) electrons.